The van der Waals surface area contributed by atoms with Crippen molar-refractivity contribution in [3.05, 3.63) is 34.9 Å². The second-order valence-corrected chi connectivity index (χ2v) is 7.39. The number of hydrogen-bond acceptors (Lipinski definition) is 4. The van der Waals surface area contributed by atoms with Crippen molar-refractivity contribution in [2.45, 2.75) is 57.3 Å². The Balaban J connectivity index is 1.37. The Morgan fingerprint density at radius 2 is 2.12 bits per heavy atom. The molecule has 0 bridgehead atoms. The molecule has 2 heterocycles. The summed E-state index contributed by atoms with van der Waals surface area (Å²) in [5, 5.41) is 3.92. The summed E-state index contributed by atoms with van der Waals surface area (Å²) in [5.74, 6) is 0.141. The van der Waals surface area contributed by atoms with Gasteiger partial charge in [-0.05, 0) is 50.3 Å². The molecular formula is C18H27ClN4O. The van der Waals surface area contributed by atoms with Gasteiger partial charge in [0.15, 0.2) is 0 Å². The van der Waals surface area contributed by atoms with Gasteiger partial charge in [-0.1, -0.05) is 23.7 Å². The zero-order valence-electron chi connectivity index (χ0n) is 14.2. The van der Waals surface area contributed by atoms with Crippen molar-refractivity contribution >= 4 is 17.5 Å². The number of carbonyl (C=O) groups is 1. The van der Waals surface area contributed by atoms with E-state index in [0.29, 0.717) is 24.7 Å². The summed E-state index contributed by atoms with van der Waals surface area (Å²) in [6.45, 7) is 4.26. The molecule has 0 spiro atoms. The van der Waals surface area contributed by atoms with E-state index in [9.17, 15) is 4.79 Å². The predicted octanol–water partition coefficient (Wildman–Crippen LogP) is 2.07. The van der Waals surface area contributed by atoms with Gasteiger partial charge < -0.3 is 5.32 Å². The monoisotopic (exact) mass is 350 g/mol. The number of hydrazine groups is 1. The van der Waals surface area contributed by atoms with Crippen LogP contribution in [-0.4, -0.2) is 42.1 Å². The first kappa shape index (κ1) is 17.7. The van der Waals surface area contributed by atoms with Crippen molar-refractivity contribution in [1.82, 2.24) is 21.1 Å². The van der Waals surface area contributed by atoms with Crippen LogP contribution in [0.5, 0.6) is 0 Å². The fourth-order valence-electron chi connectivity index (χ4n) is 3.54. The zero-order chi connectivity index (χ0) is 16.9. The summed E-state index contributed by atoms with van der Waals surface area (Å²) in [6.07, 6.45) is 4.87. The van der Waals surface area contributed by atoms with E-state index in [1.165, 1.54) is 0 Å². The minimum absolute atomic E-state index is 0.141. The molecule has 132 valence electrons. The summed E-state index contributed by atoms with van der Waals surface area (Å²) < 4.78 is 0. The SMILES string of the molecule is CC1CC(N2CCC(NC(=O)CCc3cccc(Cl)c3)CC2)NN1. The van der Waals surface area contributed by atoms with Gasteiger partial charge in [-0.25, -0.2) is 5.43 Å². The molecule has 3 rings (SSSR count). The van der Waals surface area contributed by atoms with Crippen LogP contribution >= 0.6 is 11.6 Å². The van der Waals surface area contributed by atoms with E-state index in [2.05, 4.69) is 28.0 Å². The first-order chi connectivity index (χ1) is 11.6. The molecule has 0 radical (unpaired) electrons. The topological polar surface area (TPSA) is 56.4 Å². The quantitative estimate of drug-likeness (QED) is 0.761. The Kier molecular flexibility index (Phi) is 6.11. The number of piperidine rings is 1. The Morgan fingerprint density at radius 1 is 1.33 bits per heavy atom. The third-order valence-electron chi connectivity index (χ3n) is 4.94. The van der Waals surface area contributed by atoms with Gasteiger partial charge in [0, 0.05) is 36.6 Å². The van der Waals surface area contributed by atoms with Crippen LogP contribution in [0, 0.1) is 0 Å². The van der Waals surface area contributed by atoms with Crippen molar-refractivity contribution in [3.63, 3.8) is 0 Å². The number of halogens is 1. The van der Waals surface area contributed by atoms with Gasteiger partial charge in [-0.3, -0.25) is 15.1 Å². The minimum Gasteiger partial charge on any atom is -0.353 e. The van der Waals surface area contributed by atoms with Gasteiger partial charge in [0.25, 0.3) is 0 Å². The third-order valence-corrected chi connectivity index (χ3v) is 5.17. The summed E-state index contributed by atoms with van der Waals surface area (Å²) >= 11 is 5.98. The zero-order valence-corrected chi connectivity index (χ0v) is 15.0. The Bertz CT molecular complexity index is 560. The fraction of sp³-hybridized carbons (Fsp3) is 0.611. The molecule has 0 saturated carbocycles. The highest BCUT2D eigenvalue weighted by molar-refractivity contribution is 6.30. The number of hydrogen-bond donors (Lipinski definition) is 3. The molecule has 2 unspecified atom stereocenters. The highest BCUT2D eigenvalue weighted by Gasteiger charge is 2.29. The number of rotatable bonds is 5. The van der Waals surface area contributed by atoms with Crippen LogP contribution in [0.4, 0.5) is 0 Å². The molecule has 0 aromatic heterocycles. The average molecular weight is 351 g/mol. The van der Waals surface area contributed by atoms with Crippen molar-refractivity contribution in [2.24, 2.45) is 0 Å². The van der Waals surface area contributed by atoms with E-state index in [-0.39, 0.29) is 5.91 Å². The second kappa shape index (κ2) is 8.30. The van der Waals surface area contributed by atoms with E-state index in [0.717, 1.165) is 49.4 Å². The van der Waals surface area contributed by atoms with Crippen LogP contribution in [0.15, 0.2) is 24.3 Å². The first-order valence-electron chi connectivity index (χ1n) is 8.89. The molecule has 3 N–H and O–H groups in total. The lowest BCUT2D eigenvalue weighted by Gasteiger charge is -2.35. The first-order valence-corrected chi connectivity index (χ1v) is 9.27. The second-order valence-electron chi connectivity index (χ2n) is 6.95. The van der Waals surface area contributed by atoms with Crippen LogP contribution in [0.3, 0.4) is 0 Å². The summed E-state index contributed by atoms with van der Waals surface area (Å²) in [5.41, 5.74) is 7.74. The molecule has 2 fully saturated rings. The molecule has 24 heavy (non-hydrogen) atoms. The summed E-state index contributed by atoms with van der Waals surface area (Å²) in [6, 6.07) is 8.56. The van der Waals surface area contributed by atoms with Crippen molar-refractivity contribution in [3.8, 4) is 0 Å². The molecule has 5 nitrogen and oxygen atoms in total. The highest BCUT2D eigenvalue weighted by atomic mass is 35.5. The Hall–Kier alpha value is -1.14. The van der Waals surface area contributed by atoms with Gasteiger partial charge in [0.05, 0.1) is 6.17 Å². The van der Waals surface area contributed by atoms with Gasteiger partial charge in [-0.2, -0.15) is 0 Å². The van der Waals surface area contributed by atoms with Crippen LogP contribution in [0.2, 0.25) is 5.02 Å². The van der Waals surface area contributed by atoms with Crippen molar-refractivity contribution < 1.29 is 4.79 Å². The number of aryl methyl sites for hydroxylation is 1. The van der Waals surface area contributed by atoms with E-state index in [1.54, 1.807) is 0 Å². The highest BCUT2D eigenvalue weighted by Crippen LogP contribution is 2.17. The van der Waals surface area contributed by atoms with Gasteiger partial charge in [0.1, 0.15) is 0 Å². The number of likely N-dealkylation sites (tertiary alicyclic amines) is 1. The minimum atomic E-state index is 0.141. The molecule has 1 aromatic carbocycles. The van der Waals surface area contributed by atoms with Crippen molar-refractivity contribution in [1.29, 1.82) is 0 Å². The Morgan fingerprint density at radius 3 is 2.79 bits per heavy atom. The van der Waals surface area contributed by atoms with Crippen LogP contribution in [-0.2, 0) is 11.2 Å². The average Bonchev–Trinajstić information content (AvgIpc) is 3.00. The lowest BCUT2D eigenvalue weighted by atomic mass is 10.0. The maximum atomic E-state index is 12.2. The maximum Gasteiger partial charge on any atom is 0.220 e. The number of nitrogens with zero attached hydrogens (tertiary/aromatic N) is 1. The molecule has 2 aliphatic rings. The van der Waals surface area contributed by atoms with Crippen molar-refractivity contribution in [2.75, 3.05) is 13.1 Å². The fourth-order valence-corrected chi connectivity index (χ4v) is 3.75. The standard InChI is InChI=1S/C18H27ClN4O/c1-13-11-17(22-21-13)23-9-7-16(8-10-23)20-18(24)6-5-14-3-2-4-15(19)12-14/h2-4,12-13,16-17,21-22H,5-11H2,1H3,(H,20,24). The van der Waals surface area contributed by atoms with Gasteiger partial charge in [-0.15, -0.1) is 0 Å². The molecular weight excluding hydrogens is 324 g/mol. The van der Waals surface area contributed by atoms with E-state index in [4.69, 9.17) is 11.6 Å². The van der Waals surface area contributed by atoms with Crippen LogP contribution < -0.4 is 16.2 Å². The largest absolute Gasteiger partial charge is 0.353 e. The molecule has 2 atom stereocenters. The van der Waals surface area contributed by atoms with E-state index >= 15 is 0 Å². The Labute approximate surface area is 149 Å². The predicted molar refractivity (Wildman–Crippen MR) is 96.6 cm³/mol. The molecule has 0 aliphatic carbocycles. The van der Waals surface area contributed by atoms with Crippen LogP contribution in [0.1, 0.15) is 38.2 Å². The molecule has 2 saturated heterocycles. The normalized spacial score (nSPS) is 25.8. The number of amides is 1. The number of nitrogens with one attached hydrogen (secondary N) is 3. The third kappa shape index (κ3) is 4.93. The molecule has 2 aliphatic heterocycles. The molecule has 1 aromatic rings. The number of carbonyl (C=O) groups excluding carboxylic acids is 1. The number of benzene rings is 1. The van der Waals surface area contributed by atoms with Gasteiger partial charge >= 0.3 is 0 Å². The maximum absolute atomic E-state index is 12.2. The van der Waals surface area contributed by atoms with E-state index in [1.807, 2.05) is 24.3 Å². The summed E-state index contributed by atoms with van der Waals surface area (Å²) in [7, 11) is 0. The van der Waals surface area contributed by atoms with E-state index < -0.39 is 0 Å². The molecule has 1 amide bonds. The van der Waals surface area contributed by atoms with Gasteiger partial charge in [0.2, 0.25) is 5.91 Å². The lowest BCUT2D eigenvalue weighted by Crippen LogP contribution is -2.51. The van der Waals surface area contributed by atoms with Crippen LogP contribution in [0.25, 0.3) is 0 Å². The summed E-state index contributed by atoms with van der Waals surface area (Å²) in [4.78, 5) is 14.6. The molecule has 6 heteroatoms. The lowest BCUT2D eigenvalue weighted by molar-refractivity contribution is -0.122. The smallest absolute Gasteiger partial charge is 0.220 e.